The number of benzene rings is 2. The molecule has 2 atom stereocenters. The zero-order valence-electron chi connectivity index (χ0n) is 12.6. The van der Waals surface area contributed by atoms with Gasteiger partial charge in [-0.05, 0) is 23.6 Å². The van der Waals surface area contributed by atoms with E-state index in [1.54, 1.807) is 0 Å². The third kappa shape index (κ3) is 2.51. The van der Waals surface area contributed by atoms with Crippen molar-refractivity contribution in [1.82, 2.24) is 10.3 Å². The Bertz CT molecular complexity index is 854. The van der Waals surface area contributed by atoms with Gasteiger partial charge in [0.2, 0.25) is 0 Å². The van der Waals surface area contributed by atoms with Crippen molar-refractivity contribution in [3.8, 4) is 0 Å². The molecule has 1 aliphatic rings. The summed E-state index contributed by atoms with van der Waals surface area (Å²) in [6.07, 6.45) is 1.28. The van der Waals surface area contributed by atoms with Crippen LogP contribution >= 0.6 is 0 Å². The zero-order chi connectivity index (χ0) is 15.8. The number of aromatic nitrogens is 1. The van der Waals surface area contributed by atoms with Gasteiger partial charge in [0.15, 0.2) is 0 Å². The fraction of sp³-hybridized carbons (Fsp3) is 0.211. The fourth-order valence-corrected chi connectivity index (χ4v) is 3.50. The number of hydrogen-bond donors (Lipinski definition) is 3. The number of carboxylic acid groups (broad SMARTS) is 1. The van der Waals surface area contributed by atoms with Gasteiger partial charge >= 0.3 is 5.97 Å². The molecule has 4 nitrogen and oxygen atoms in total. The maximum atomic E-state index is 11.5. The molecular weight excluding hydrogens is 288 g/mol. The molecule has 0 spiro atoms. The van der Waals surface area contributed by atoms with Crippen molar-refractivity contribution in [2.75, 3.05) is 0 Å². The quantitative estimate of drug-likeness (QED) is 0.697. The molecular formula is C19H18N2O2. The number of carbonyl (C=O) groups is 1. The summed E-state index contributed by atoms with van der Waals surface area (Å²) in [5.41, 5.74) is 4.52. The Kier molecular flexibility index (Phi) is 3.39. The largest absolute Gasteiger partial charge is 0.480 e. The van der Waals surface area contributed by atoms with Gasteiger partial charge in [-0.3, -0.25) is 10.1 Å². The lowest BCUT2D eigenvalue weighted by Gasteiger charge is -2.29. The van der Waals surface area contributed by atoms with Gasteiger partial charge in [0.05, 0.1) is 6.04 Å². The van der Waals surface area contributed by atoms with Gasteiger partial charge in [0.25, 0.3) is 0 Å². The Labute approximate surface area is 134 Å². The molecule has 0 bridgehead atoms. The highest BCUT2D eigenvalue weighted by Gasteiger charge is 2.32. The highest BCUT2D eigenvalue weighted by atomic mass is 16.4. The van der Waals surface area contributed by atoms with Gasteiger partial charge < -0.3 is 10.1 Å². The summed E-state index contributed by atoms with van der Waals surface area (Å²) in [4.78, 5) is 15.0. The number of aromatic amines is 1. The zero-order valence-corrected chi connectivity index (χ0v) is 12.6. The smallest absolute Gasteiger partial charge is 0.321 e. The van der Waals surface area contributed by atoms with Gasteiger partial charge in [-0.1, -0.05) is 48.5 Å². The van der Waals surface area contributed by atoms with E-state index in [1.165, 1.54) is 5.56 Å². The second-order valence-electron chi connectivity index (χ2n) is 6.07. The van der Waals surface area contributed by atoms with Gasteiger partial charge in [0, 0.05) is 23.0 Å². The molecule has 2 unspecified atom stereocenters. The molecule has 3 N–H and O–H groups in total. The van der Waals surface area contributed by atoms with Gasteiger partial charge in [0.1, 0.15) is 6.04 Å². The molecule has 4 rings (SSSR count). The van der Waals surface area contributed by atoms with Gasteiger partial charge in [-0.2, -0.15) is 0 Å². The molecule has 4 heteroatoms. The first kappa shape index (κ1) is 14.0. The normalized spacial score (nSPS) is 20.3. The van der Waals surface area contributed by atoms with Crippen LogP contribution in [0.1, 0.15) is 22.9 Å². The molecule has 2 heterocycles. The molecule has 1 aliphatic heterocycles. The minimum absolute atomic E-state index is 0.0188. The van der Waals surface area contributed by atoms with Crippen LogP contribution in [0.2, 0.25) is 0 Å². The minimum Gasteiger partial charge on any atom is -0.480 e. The Hall–Kier alpha value is -2.59. The van der Waals surface area contributed by atoms with E-state index in [4.69, 9.17) is 0 Å². The van der Waals surface area contributed by atoms with E-state index in [1.807, 2.05) is 36.4 Å². The molecule has 0 radical (unpaired) electrons. The number of aliphatic carboxylic acids is 1. The number of nitrogens with one attached hydrogen (secondary N) is 2. The third-order valence-electron chi connectivity index (χ3n) is 4.59. The van der Waals surface area contributed by atoms with E-state index in [2.05, 4.69) is 28.5 Å². The van der Waals surface area contributed by atoms with E-state index in [9.17, 15) is 9.90 Å². The maximum Gasteiger partial charge on any atom is 0.321 e. The number of rotatable bonds is 3. The topological polar surface area (TPSA) is 65.1 Å². The average Bonchev–Trinajstić information content (AvgIpc) is 2.95. The minimum atomic E-state index is -0.793. The summed E-state index contributed by atoms with van der Waals surface area (Å²) < 4.78 is 0. The van der Waals surface area contributed by atoms with Crippen LogP contribution in [0, 0.1) is 0 Å². The second-order valence-corrected chi connectivity index (χ2v) is 6.07. The van der Waals surface area contributed by atoms with Crippen LogP contribution in [0.15, 0.2) is 54.6 Å². The lowest BCUT2D eigenvalue weighted by atomic mass is 9.91. The second kappa shape index (κ2) is 5.56. The molecule has 0 saturated heterocycles. The van der Waals surface area contributed by atoms with Crippen molar-refractivity contribution in [2.24, 2.45) is 0 Å². The SMILES string of the molecule is O=C(O)C1Cc2c([nH]c3ccccc23)C(Cc2ccccc2)N1. The number of fused-ring (bicyclic) bond motifs is 3. The van der Waals surface area contributed by atoms with Crippen molar-refractivity contribution in [3.63, 3.8) is 0 Å². The molecule has 0 fully saturated rings. The lowest BCUT2D eigenvalue weighted by Crippen LogP contribution is -2.45. The molecule has 3 aromatic rings. The number of hydrogen-bond acceptors (Lipinski definition) is 2. The molecule has 2 aromatic carbocycles. The molecule has 23 heavy (non-hydrogen) atoms. The van der Waals surface area contributed by atoms with Crippen LogP contribution in [0.4, 0.5) is 0 Å². The summed E-state index contributed by atoms with van der Waals surface area (Å²) in [6.45, 7) is 0. The third-order valence-corrected chi connectivity index (χ3v) is 4.59. The van der Waals surface area contributed by atoms with Crippen molar-refractivity contribution >= 4 is 16.9 Å². The van der Waals surface area contributed by atoms with E-state index in [0.29, 0.717) is 6.42 Å². The van der Waals surface area contributed by atoms with E-state index in [-0.39, 0.29) is 6.04 Å². The van der Waals surface area contributed by atoms with Crippen LogP contribution in [-0.2, 0) is 17.6 Å². The number of carboxylic acids is 1. The summed E-state index contributed by atoms with van der Waals surface area (Å²) in [6, 6.07) is 17.7. The molecule has 116 valence electrons. The number of H-pyrrole nitrogens is 1. The predicted octanol–water partition coefficient (Wildman–Crippen LogP) is 3.05. The van der Waals surface area contributed by atoms with Gasteiger partial charge in [-0.15, -0.1) is 0 Å². The van der Waals surface area contributed by atoms with Crippen LogP contribution in [0.5, 0.6) is 0 Å². The van der Waals surface area contributed by atoms with E-state index >= 15 is 0 Å². The van der Waals surface area contributed by atoms with Crippen LogP contribution in [-0.4, -0.2) is 22.1 Å². The average molecular weight is 306 g/mol. The Balaban J connectivity index is 1.78. The van der Waals surface area contributed by atoms with Crippen molar-refractivity contribution in [2.45, 2.75) is 24.9 Å². The molecule has 0 aliphatic carbocycles. The molecule has 1 aromatic heterocycles. The standard InChI is InChI=1S/C19H18N2O2/c22-19(23)17-11-14-13-8-4-5-9-15(13)21-18(14)16(20-17)10-12-6-2-1-3-7-12/h1-9,16-17,20-21H,10-11H2,(H,22,23). The Morgan fingerprint density at radius 3 is 2.61 bits per heavy atom. The van der Waals surface area contributed by atoms with E-state index < -0.39 is 12.0 Å². The predicted molar refractivity (Wildman–Crippen MR) is 89.4 cm³/mol. The van der Waals surface area contributed by atoms with Crippen LogP contribution < -0.4 is 5.32 Å². The maximum absolute atomic E-state index is 11.5. The van der Waals surface area contributed by atoms with Crippen LogP contribution in [0.25, 0.3) is 10.9 Å². The molecule has 0 saturated carbocycles. The van der Waals surface area contributed by atoms with Crippen molar-refractivity contribution in [1.29, 1.82) is 0 Å². The molecule has 0 amide bonds. The van der Waals surface area contributed by atoms with Crippen LogP contribution in [0.3, 0.4) is 0 Å². The van der Waals surface area contributed by atoms with Gasteiger partial charge in [-0.25, -0.2) is 0 Å². The highest BCUT2D eigenvalue weighted by Crippen LogP contribution is 2.33. The summed E-state index contributed by atoms with van der Waals surface area (Å²) in [7, 11) is 0. The Morgan fingerprint density at radius 1 is 1.09 bits per heavy atom. The van der Waals surface area contributed by atoms with Crippen molar-refractivity contribution in [3.05, 3.63) is 71.4 Å². The van der Waals surface area contributed by atoms with Crippen molar-refractivity contribution < 1.29 is 9.90 Å². The first-order chi connectivity index (χ1) is 11.2. The lowest BCUT2D eigenvalue weighted by molar-refractivity contribution is -0.139. The Morgan fingerprint density at radius 2 is 1.83 bits per heavy atom. The van der Waals surface area contributed by atoms with E-state index in [0.717, 1.165) is 28.6 Å². The fourth-order valence-electron chi connectivity index (χ4n) is 3.50. The number of para-hydroxylation sites is 1. The summed E-state index contributed by atoms with van der Waals surface area (Å²) in [5, 5.41) is 13.9. The first-order valence-electron chi connectivity index (χ1n) is 7.84. The summed E-state index contributed by atoms with van der Waals surface area (Å²) >= 11 is 0. The monoisotopic (exact) mass is 306 g/mol. The highest BCUT2D eigenvalue weighted by molar-refractivity contribution is 5.86. The first-order valence-corrected chi connectivity index (χ1v) is 7.84. The summed E-state index contributed by atoms with van der Waals surface area (Å²) in [5.74, 6) is -0.793.